The molecule has 1 aromatic heterocycles. The summed E-state index contributed by atoms with van der Waals surface area (Å²) < 4.78 is 5.79. The van der Waals surface area contributed by atoms with Gasteiger partial charge in [0.25, 0.3) is 11.8 Å². The number of nitrogens with zero attached hydrogens (tertiary/aromatic N) is 1. The molecule has 0 unspecified atom stereocenters. The number of rotatable bonds is 6. The van der Waals surface area contributed by atoms with Gasteiger partial charge in [0.1, 0.15) is 11.4 Å². The molecule has 138 valence electrons. The first-order valence-corrected chi connectivity index (χ1v) is 8.73. The van der Waals surface area contributed by atoms with Crippen molar-refractivity contribution in [3.63, 3.8) is 0 Å². The maximum absolute atomic E-state index is 12.5. The molecule has 1 aliphatic carbocycles. The van der Waals surface area contributed by atoms with Crippen LogP contribution in [-0.2, 0) is 4.79 Å². The van der Waals surface area contributed by atoms with Crippen molar-refractivity contribution in [1.29, 1.82) is 0 Å². The van der Waals surface area contributed by atoms with Crippen molar-refractivity contribution in [1.82, 2.24) is 15.5 Å². The molecule has 1 aromatic carbocycles. The van der Waals surface area contributed by atoms with Crippen LogP contribution < -0.4 is 15.8 Å². The standard InChI is InChI=1S/C18H21ClN4O3/c1-18(2,26-13-5-3-11(19)4-6-13)17(25)21-12-7-10(8-12)14-9-15(16(20)24)23-22-14/h3-6,9-10,12H,7-8H2,1-2H3,(H2,20,24)(H,21,25)(H,22,23). The number of aromatic nitrogens is 2. The predicted molar refractivity (Wildman–Crippen MR) is 97.2 cm³/mol. The molecule has 26 heavy (non-hydrogen) atoms. The zero-order valence-electron chi connectivity index (χ0n) is 14.6. The van der Waals surface area contributed by atoms with E-state index in [1.807, 2.05) is 0 Å². The van der Waals surface area contributed by atoms with E-state index in [2.05, 4.69) is 15.5 Å². The van der Waals surface area contributed by atoms with Gasteiger partial charge in [0.15, 0.2) is 5.60 Å². The topological polar surface area (TPSA) is 110 Å². The number of carbonyl (C=O) groups is 2. The Kier molecular flexibility index (Phi) is 4.91. The summed E-state index contributed by atoms with van der Waals surface area (Å²) in [6.07, 6.45) is 1.53. The molecule has 1 aliphatic rings. The Hall–Kier alpha value is -2.54. The Morgan fingerprint density at radius 2 is 1.96 bits per heavy atom. The average Bonchev–Trinajstić information content (AvgIpc) is 3.02. The summed E-state index contributed by atoms with van der Waals surface area (Å²) in [5.41, 5.74) is 5.28. The minimum absolute atomic E-state index is 0.0564. The largest absolute Gasteiger partial charge is 0.478 e. The van der Waals surface area contributed by atoms with E-state index in [1.165, 1.54) is 0 Å². The second-order valence-electron chi connectivity index (χ2n) is 6.98. The van der Waals surface area contributed by atoms with Crippen LogP contribution in [0.5, 0.6) is 5.75 Å². The van der Waals surface area contributed by atoms with Crippen molar-refractivity contribution in [2.45, 2.75) is 44.2 Å². The van der Waals surface area contributed by atoms with Crippen LogP contribution in [0.3, 0.4) is 0 Å². The Balaban J connectivity index is 1.52. The lowest BCUT2D eigenvalue weighted by Crippen LogP contribution is -2.53. The number of carbonyl (C=O) groups excluding carboxylic acids is 2. The zero-order chi connectivity index (χ0) is 18.9. The first kappa shape index (κ1) is 18.3. The fourth-order valence-corrected chi connectivity index (χ4v) is 2.99. The number of hydrogen-bond donors (Lipinski definition) is 3. The normalized spacial score (nSPS) is 19.5. The maximum Gasteiger partial charge on any atom is 0.269 e. The molecule has 3 rings (SSSR count). The van der Waals surface area contributed by atoms with Crippen LogP contribution in [0.4, 0.5) is 0 Å². The van der Waals surface area contributed by atoms with E-state index in [4.69, 9.17) is 22.1 Å². The van der Waals surface area contributed by atoms with Gasteiger partial charge in [-0.2, -0.15) is 5.10 Å². The molecule has 0 saturated heterocycles. The van der Waals surface area contributed by atoms with Gasteiger partial charge < -0.3 is 15.8 Å². The molecule has 0 aliphatic heterocycles. The van der Waals surface area contributed by atoms with E-state index in [-0.39, 0.29) is 23.6 Å². The molecule has 0 spiro atoms. The number of nitrogens with two attached hydrogens (primary N) is 1. The highest BCUT2D eigenvalue weighted by molar-refractivity contribution is 6.30. The molecule has 1 saturated carbocycles. The Labute approximate surface area is 156 Å². The van der Waals surface area contributed by atoms with E-state index >= 15 is 0 Å². The van der Waals surface area contributed by atoms with Crippen molar-refractivity contribution in [3.05, 3.63) is 46.7 Å². The number of primary amides is 1. The maximum atomic E-state index is 12.5. The third-order valence-electron chi connectivity index (χ3n) is 4.50. The van der Waals surface area contributed by atoms with Gasteiger partial charge in [-0.1, -0.05) is 11.6 Å². The summed E-state index contributed by atoms with van der Waals surface area (Å²) in [7, 11) is 0. The van der Waals surface area contributed by atoms with E-state index in [0.717, 1.165) is 18.5 Å². The van der Waals surface area contributed by atoms with E-state index in [1.54, 1.807) is 44.2 Å². The fraction of sp³-hybridized carbons (Fsp3) is 0.389. The summed E-state index contributed by atoms with van der Waals surface area (Å²) in [4.78, 5) is 23.6. The van der Waals surface area contributed by atoms with Crippen molar-refractivity contribution in [2.75, 3.05) is 0 Å². The van der Waals surface area contributed by atoms with Crippen LogP contribution in [-0.4, -0.2) is 33.7 Å². The summed E-state index contributed by atoms with van der Waals surface area (Å²) in [5.74, 6) is 0.0646. The quantitative estimate of drug-likeness (QED) is 0.718. The highest BCUT2D eigenvalue weighted by atomic mass is 35.5. The number of hydrogen-bond acceptors (Lipinski definition) is 4. The molecule has 7 nitrogen and oxygen atoms in total. The number of aromatic amines is 1. The second kappa shape index (κ2) is 6.99. The van der Waals surface area contributed by atoms with Crippen LogP contribution in [0, 0.1) is 0 Å². The van der Waals surface area contributed by atoms with E-state index < -0.39 is 11.5 Å². The molecule has 8 heteroatoms. The molecule has 2 aromatic rings. The number of H-pyrrole nitrogens is 1. The monoisotopic (exact) mass is 376 g/mol. The molecule has 0 radical (unpaired) electrons. The summed E-state index contributed by atoms with van der Waals surface area (Å²) in [6, 6.07) is 8.61. The van der Waals surface area contributed by atoms with Gasteiger partial charge in [-0.15, -0.1) is 0 Å². The highest BCUT2D eigenvalue weighted by Crippen LogP contribution is 2.36. The zero-order valence-corrected chi connectivity index (χ0v) is 15.3. The van der Waals surface area contributed by atoms with Gasteiger partial charge in [0, 0.05) is 22.7 Å². The van der Waals surface area contributed by atoms with Gasteiger partial charge in [-0.3, -0.25) is 14.7 Å². The van der Waals surface area contributed by atoms with Crippen LogP contribution in [0.1, 0.15) is 48.8 Å². The van der Waals surface area contributed by atoms with E-state index in [0.29, 0.717) is 10.8 Å². The van der Waals surface area contributed by atoms with Gasteiger partial charge in [0.2, 0.25) is 0 Å². The second-order valence-corrected chi connectivity index (χ2v) is 7.41. The number of benzene rings is 1. The SMILES string of the molecule is CC(C)(Oc1ccc(Cl)cc1)C(=O)NC1CC(c2cc(C(N)=O)n[nH]2)C1. The first-order valence-electron chi connectivity index (χ1n) is 8.35. The third kappa shape index (κ3) is 3.99. The van der Waals surface area contributed by atoms with Gasteiger partial charge in [-0.05, 0) is 57.0 Å². The summed E-state index contributed by atoms with van der Waals surface area (Å²) in [5, 5.41) is 10.3. The van der Waals surface area contributed by atoms with Crippen molar-refractivity contribution in [3.8, 4) is 5.75 Å². The number of halogens is 1. The molecule has 0 bridgehead atoms. The summed E-state index contributed by atoms with van der Waals surface area (Å²) >= 11 is 5.86. The molecule has 1 fully saturated rings. The van der Waals surface area contributed by atoms with Gasteiger partial charge >= 0.3 is 0 Å². The lowest BCUT2D eigenvalue weighted by molar-refractivity contribution is -0.135. The number of nitrogens with one attached hydrogen (secondary N) is 2. The molecular formula is C18H21ClN4O3. The van der Waals surface area contributed by atoms with Crippen LogP contribution in [0.2, 0.25) is 5.02 Å². The van der Waals surface area contributed by atoms with Crippen LogP contribution >= 0.6 is 11.6 Å². The lowest BCUT2D eigenvalue weighted by atomic mass is 9.78. The number of ether oxygens (including phenoxy) is 1. The minimum atomic E-state index is -1.01. The summed E-state index contributed by atoms with van der Waals surface area (Å²) in [6.45, 7) is 3.45. The minimum Gasteiger partial charge on any atom is -0.478 e. The molecule has 4 N–H and O–H groups in total. The lowest BCUT2D eigenvalue weighted by Gasteiger charge is -2.37. The predicted octanol–water partition coefficient (Wildman–Crippen LogP) is 2.38. The number of amides is 2. The molecule has 2 amide bonds. The van der Waals surface area contributed by atoms with Gasteiger partial charge in [0.05, 0.1) is 0 Å². The molecular weight excluding hydrogens is 356 g/mol. The Morgan fingerprint density at radius 3 is 2.54 bits per heavy atom. The Bertz CT molecular complexity index is 810. The van der Waals surface area contributed by atoms with Gasteiger partial charge in [-0.25, -0.2) is 0 Å². The molecule has 1 heterocycles. The highest BCUT2D eigenvalue weighted by Gasteiger charge is 2.37. The Morgan fingerprint density at radius 1 is 1.31 bits per heavy atom. The van der Waals surface area contributed by atoms with Crippen LogP contribution in [0.15, 0.2) is 30.3 Å². The fourth-order valence-electron chi connectivity index (χ4n) is 2.86. The third-order valence-corrected chi connectivity index (χ3v) is 4.75. The van der Waals surface area contributed by atoms with Crippen molar-refractivity contribution >= 4 is 23.4 Å². The van der Waals surface area contributed by atoms with Crippen molar-refractivity contribution in [2.24, 2.45) is 5.73 Å². The smallest absolute Gasteiger partial charge is 0.269 e. The van der Waals surface area contributed by atoms with E-state index in [9.17, 15) is 9.59 Å². The first-order chi connectivity index (χ1) is 12.2. The average molecular weight is 377 g/mol. The van der Waals surface area contributed by atoms with Crippen molar-refractivity contribution < 1.29 is 14.3 Å². The van der Waals surface area contributed by atoms with Crippen LogP contribution in [0.25, 0.3) is 0 Å². The molecule has 0 atom stereocenters.